The van der Waals surface area contributed by atoms with Crippen molar-refractivity contribution in [3.63, 3.8) is 0 Å². The lowest BCUT2D eigenvalue weighted by molar-refractivity contribution is 0.352. The average Bonchev–Trinajstić information content (AvgIpc) is 2.74. The van der Waals surface area contributed by atoms with Gasteiger partial charge >= 0.3 is 0 Å². The number of guanidine groups is 1. The quantitative estimate of drug-likeness (QED) is 0.384. The van der Waals surface area contributed by atoms with Crippen LogP contribution in [0.4, 0.5) is 0 Å². The Morgan fingerprint density at radius 2 is 1.69 bits per heavy atom. The SMILES string of the molecule is C=CCc1cc(CNC(=NC)NCc2ccc(C)cc2OC)cc(OC)c1OC. The molecule has 0 spiro atoms. The highest BCUT2D eigenvalue weighted by Gasteiger charge is 2.12. The summed E-state index contributed by atoms with van der Waals surface area (Å²) in [5, 5.41) is 6.67. The molecule has 0 heterocycles. The van der Waals surface area contributed by atoms with Gasteiger partial charge in [0.05, 0.1) is 21.3 Å². The summed E-state index contributed by atoms with van der Waals surface area (Å²) in [5.41, 5.74) is 4.33. The lowest BCUT2D eigenvalue weighted by Gasteiger charge is -2.17. The van der Waals surface area contributed by atoms with Gasteiger partial charge in [-0.3, -0.25) is 4.99 Å². The van der Waals surface area contributed by atoms with Crippen LogP contribution in [0.2, 0.25) is 0 Å². The van der Waals surface area contributed by atoms with Crippen LogP contribution < -0.4 is 24.8 Å². The van der Waals surface area contributed by atoms with E-state index in [1.165, 1.54) is 0 Å². The maximum atomic E-state index is 5.50. The number of aliphatic imine (C=N–C) groups is 1. The summed E-state index contributed by atoms with van der Waals surface area (Å²) in [7, 11) is 6.72. The Labute approximate surface area is 173 Å². The third-order valence-corrected chi connectivity index (χ3v) is 4.55. The van der Waals surface area contributed by atoms with Crippen molar-refractivity contribution in [1.82, 2.24) is 10.6 Å². The van der Waals surface area contributed by atoms with Crippen LogP contribution in [0.15, 0.2) is 48.0 Å². The molecule has 29 heavy (non-hydrogen) atoms. The summed E-state index contributed by atoms with van der Waals surface area (Å²) in [5.74, 6) is 3.01. The minimum Gasteiger partial charge on any atom is -0.496 e. The first-order valence-corrected chi connectivity index (χ1v) is 9.48. The van der Waals surface area contributed by atoms with E-state index < -0.39 is 0 Å². The second kappa shape index (κ2) is 11.0. The predicted octanol–water partition coefficient (Wildman–Crippen LogP) is 3.61. The zero-order chi connectivity index (χ0) is 21.2. The zero-order valence-corrected chi connectivity index (χ0v) is 18.0. The summed E-state index contributed by atoms with van der Waals surface area (Å²) >= 11 is 0. The van der Waals surface area contributed by atoms with Crippen LogP contribution in [-0.2, 0) is 19.5 Å². The number of rotatable bonds is 9. The standard InChI is InChI=1S/C23H31N3O3/c1-7-8-18-12-17(13-21(28-5)22(18)29-6)14-25-23(24-3)26-15-19-10-9-16(2)11-20(19)27-4/h7,9-13H,1,8,14-15H2,2-6H3,(H2,24,25,26). The molecule has 0 unspecified atom stereocenters. The molecule has 6 nitrogen and oxygen atoms in total. The normalized spacial score (nSPS) is 11.0. The van der Waals surface area contributed by atoms with Crippen LogP contribution >= 0.6 is 0 Å². The summed E-state index contributed by atoms with van der Waals surface area (Å²) in [6.45, 7) is 7.07. The molecule has 0 amide bonds. The predicted molar refractivity (Wildman–Crippen MR) is 118 cm³/mol. The van der Waals surface area contributed by atoms with Gasteiger partial charge in [-0.15, -0.1) is 6.58 Å². The van der Waals surface area contributed by atoms with E-state index in [1.54, 1.807) is 28.4 Å². The van der Waals surface area contributed by atoms with Crippen molar-refractivity contribution in [2.45, 2.75) is 26.4 Å². The average molecular weight is 398 g/mol. The molecule has 0 aliphatic rings. The number of nitrogens with one attached hydrogen (secondary N) is 2. The maximum absolute atomic E-state index is 5.50. The molecule has 0 atom stereocenters. The van der Waals surface area contributed by atoms with E-state index in [0.717, 1.165) is 33.8 Å². The molecular formula is C23H31N3O3. The van der Waals surface area contributed by atoms with E-state index in [4.69, 9.17) is 14.2 Å². The molecule has 2 rings (SSSR count). The van der Waals surface area contributed by atoms with Crippen LogP contribution in [0.5, 0.6) is 17.2 Å². The number of hydrogen-bond donors (Lipinski definition) is 2. The second-order valence-corrected chi connectivity index (χ2v) is 6.58. The van der Waals surface area contributed by atoms with Gasteiger partial charge < -0.3 is 24.8 Å². The van der Waals surface area contributed by atoms with Crippen LogP contribution in [0.3, 0.4) is 0 Å². The Morgan fingerprint density at radius 3 is 2.31 bits per heavy atom. The number of allylic oxidation sites excluding steroid dienone is 1. The Hall–Kier alpha value is -3.15. The van der Waals surface area contributed by atoms with Gasteiger partial charge in [-0.2, -0.15) is 0 Å². The summed E-state index contributed by atoms with van der Waals surface area (Å²) in [6.07, 6.45) is 2.55. The fourth-order valence-electron chi connectivity index (χ4n) is 3.10. The Bertz CT molecular complexity index is 863. The first-order chi connectivity index (χ1) is 14.1. The van der Waals surface area contributed by atoms with E-state index >= 15 is 0 Å². The summed E-state index contributed by atoms with van der Waals surface area (Å²) in [6, 6.07) is 10.2. The number of nitrogens with zero attached hydrogens (tertiary/aromatic N) is 1. The van der Waals surface area contributed by atoms with Crippen molar-refractivity contribution >= 4 is 5.96 Å². The van der Waals surface area contributed by atoms with Gasteiger partial charge in [-0.05, 0) is 42.7 Å². The number of methoxy groups -OCH3 is 3. The fourth-order valence-corrected chi connectivity index (χ4v) is 3.10. The van der Waals surface area contributed by atoms with Gasteiger partial charge in [-0.1, -0.05) is 18.2 Å². The lowest BCUT2D eigenvalue weighted by Crippen LogP contribution is -2.36. The molecule has 156 valence electrons. The molecule has 0 bridgehead atoms. The monoisotopic (exact) mass is 397 g/mol. The van der Waals surface area contributed by atoms with Gasteiger partial charge in [0.2, 0.25) is 0 Å². The van der Waals surface area contributed by atoms with Crippen LogP contribution in [-0.4, -0.2) is 34.3 Å². The Balaban J connectivity index is 2.07. The summed E-state index contributed by atoms with van der Waals surface area (Å²) < 4.78 is 16.5. The highest BCUT2D eigenvalue weighted by molar-refractivity contribution is 5.79. The molecule has 2 N–H and O–H groups in total. The molecule has 0 fully saturated rings. The fraction of sp³-hybridized carbons (Fsp3) is 0.348. The van der Waals surface area contributed by atoms with Crippen molar-refractivity contribution in [2.24, 2.45) is 4.99 Å². The van der Waals surface area contributed by atoms with Crippen molar-refractivity contribution in [3.05, 3.63) is 65.2 Å². The number of aryl methyl sites for hydroxylation is 1. The van der Waals surface area contributed by atoms with Crippen molar-refractivity contribution in [3.8, 4) is 17.2 Å². The first-order valence-electron chi connectivity index (χ1n) is 9.48. The van der Waals surface area contributed by atoms with Crippen molar-refractivity contribution in [1.29, 1.82) is 0 Å². The molecule has 0 aliphatic heterocycles. The van der Waals surface area contributed by atoms with E-state index in [0.29, 0.717) is 31.2 Å². The van der Waals surface area contributed by atoms with Gasteiger partial charge in [0.15, 0.2) is 17.5 Å². The Kier molecular flexibility index (Phi) is 8.40. The lowest BCUT2D eigenvalue weighted by atomic mass is 10.1. The van der Waals surface area contributed by atoms with E-state index in [9.17, 15) is 0 Å². The first kappa shape index (κ1) is 22.1. The van der Waals surface area contributed by atoms with Gasteiger partial charge in [0.25, 0.3) is 0 Å². The second-order valence-electron chi connectivity index (χ2n) is 6.58. The van der Waals surface area contributed by atoms with Gasteiger partial charge in [-0.25, -0.2) is 0 Å². The molecule has 0 aromatic heterocycles. The molecule has 0 saturated heterocycles. The minimum atomic E-state index is 0.592. The third-order valence-electron chi connectivity index (χ3n) is 4.55. The molecular weight excluding hydrogens is 366 g/mol. The highest BCUT2D eigenvalue weighted by atomic mass is 16.5. The molecule has 6 heteroatoms. The molecule has 2 aromatic rings. The molecule has 0 radical (unpaired) electrons. The molecule has 0 aliphatic carbocycles. The minimum absolute atomic E-state index is 0.592. The van der Waals surface area contributed by atoms with Crippen molar-refractivity contribution in [2.75, 3.05) is 28.4 Å². The van der Waals surface area contributed by atoms with Gasteiger partial charge in [0.1, 0.15) is 5.75 Å². The summed E-state index contributed by atoms with van der Waals surface area (Å²) in [4.78, 5) is 4.31. The van der Waals surface area contributed by atoms with Crippen molar-refractivity contribution < 1.29 is 14.2 Å². The number of benzene rings is 2. The van der Waals surface area contributed by atoms with Crippen LogP contribution in [0.25, 0.3) is 0 Å². The van der Waals surface area contributed by atoms with Crippen LogP contribution in [0.1, 0.15) is 22.3 Å². The Morgan fingerprint density at radius 1 is 0.966 bits per heavy atom. The number of ether oxygens (including phenoxy) is 3. The maximum Gasteiger partial charge on any atom is 0.191 e. The largest absolute Gasteiger partial charge is 0.496 e. The topological polar surface area (TPSA) is 64.1 Å². The number of hydrogen-bond acceptors (Lipinski definition) is 4. The van der Waals surface area contributed by atoms with E-state index in [2.05, 4.69) is 40.4 Å². The molecule has 2 aromatic carbocycles. The van der Waals surface area contributed by atoms with E-state index in [-0.39, 0.29) is 0 Å². The smallest absolute Gasteiger partial charge is 0.191 e. The molecule has 0 saturated carbocycles. The zero-order valence-electron chi connectivity index (χ0n) is 18.0. The third kappa shape index (κ3) is 5.91. The van der Waals surface area contributed by atoms with Gasteiger partial charge in [0, 0.05) is 31.3 Å². The van der Waals surface area contributed by atoms with Crippen LogP contribution in [0, 0.1) is 6.92 Å². The highest BCUT2D eigenvalue weighted by Crippen LogP contribution is 2.33. The van der Waals surface area contributed by atoms with E-state index in [1.807, 2.05) is 25.1 Å².